The summed E-state index contributed by atoms with van der Waals surface area (Å²) in [4.78, 5) is 15.4. The molecule has 0 radical (unpaired) electrons. The van der Waals surface area contributed by atoms with E-state index in [1.54, 1.807) is 6.07 Å². The molecule has 32 heavy (non-hydrogen) atoms. The molecule has 4 atom stereocenters. The van der Waals surface area contributed by atoms with Gasteiger partial charge in [0.1, 0.15) is 17.5 Å². The number of rotatable bonds is 10. The van der Waals surface area contributed by atoms with E-state index in [0.717, 1.165) is 29.7 Å². The Bertz CT molecular complexity index is 904. The van der Waals surface area contributed by atoms with Crippen LogP contribution in [0, 0.1) is 5.92 Å². The van der Waals surface area contributed by atoms with E-state index < -0.39 is 0 Å². The molecule has 4 unspecified atom stereocenters. The van der Waals surface area contributed by atoms with Gasteiger partial charge in [0.05, 0.1) is 18.7 Å². The lowest BCUT2D eigenvalue weighted by Crippen LogP contribution is -2.41. The van der Waals surface area contributed by atoms with E-state index in [-0.39, 0.29) is 35.7 Å². The Morgan fingerprint density at radius 1 is 1.00 bits per heavy atom. The maximum Gasteiger partial charge on any atom is 0.242 e. The van der Waals surface area contributed by atoms with Gasteiger partial charge in [0.25, 0.3) is 0 Å². The molecule has 0 aliphatic carbocycles. The minimum atomic E-state index is -0.354. The number of hydrogen-bond acceptors (Lipinski definition) is 6. The van der Waals surface area contributed by atoms with Crippen LogP contribution in [0.3, 0.4) is 0 Å². The van der Waals surface area contributed by atoms with Crippen LogP contribution < -0.4 is 15.6 Å². The molecule has 2 heterocycles. The normalized spacial score (nSPS) is 24.7. The smallest absolute Gasteiger partial charge is 0.242 e. The zero-order chi connectivity index (χ0) is 22.5. The number of phenols is 1. The van der Waals surface area contributed by atoms with Gasteiger partial charge < -0.3 is 19.5 Å². The number of amides is 1. The molecule has 2 aromatic rings. The Hall–Kier alpha value is -2.61. The minimum absolute atomic E-state index is 0.0645. The van der Waals surface area contributed by atoms with Crippen LogP contribution in [0.15, 0.2) is 48.5 Å². The molecule has 0 bridgehead atoms. The number of phenolic OH excluding ortho intramolecular Hbond substituents is 1. The number of aromatic hydroxyl groups is 1. The zero-order valence-corrected chi connectivity index (χ0v) is 18.8. The average Bonchev–Trinajstić information content (AvgIpc) is 3.35. The zero-order valence-electron chi connectivity index (χ0n) is 18.8. The van der Waals surface area contributed by atoms with Crippen molar-refractivity contribution in [3.8, 4) is 11.5 Å². The van der Waals surface area contributed by atoms with Crippen LogP contribution >= 0.6 is 0 Å². The maximum absolute atomic E-state index is 13.4. The number of para-hydroxylation sites is 1. The summed E-state index contributed by atoms with van der Waals surface area (Å²) in [6, 6.07) is 14.7. The van der Waals surface area contributed by atoms with E-state index in [9.17, 15) is 9.90 Å². The molecule has 2 fully saturated rings. The molecule has 7 nitrogen and oxygen atoms in total. The average molecular weight is 440 g/mol. The van der Waals surface area contributed by atoms with E-state index in [1.165, 1.54) is 0 Å². The third-order valence-electron chi connectivity index (χ3n) is 6.27. The standard InChI is InChI=1S/C25H33N3O4/c1-3-15-32-18-12-10-17(11-13-18)24-21-22(19-8-5-6-9-20(19)29)26-27-23(21)25(30)28(24)14-7-16-31-4-2/h5-6,8-13,21-24,26-27,29H,3-4,7,14-16H2,1-2H3. The number of fused-ring (bicyclic) bond motifs is 1. The summed E-state index contributed by atoms with van der Waals surface area (Å²) in [5, 5.41) is 10.5. The molecule has 7 heteroatoms. The topological polar surface area (TPSA) is 83.1 Å². The molecule has 2 aliphatic rings. The van der Waals surface area contributed by atoms with Gasteiger partial charge in [-0.05, 0) is 43.5 Å². The monoisotopic (exact) mass is 439 g/mol. The molecular formula is C25H33N3O4. The van der Waals surface area contributed by atoms with Crippen molar-refractivity contribution >= 4 is 5.91 Å². The van der Waals surface area contributed by atoms with Crippen LogP contribution in [-0.4, -0.2) is 48.3 Å². The van der Waals surface area contributed by atoms with Crippen molar-refractivity contribution in [1.29, 1.82) is 0 Å². The fourth-order valence-electron chi connectivity index (χ4n) is 4.83. The van der Waals surface area contributed by atoms with Crippen LogP contribution in [0.5, 0.6) is 11.5 Å². The summed E-state index contributed by atoms with van der Waals surface area (Å²) in [6.07, 6.45) is 1.73. The van der Waals surface area contributed by atoms with E-state index in [1.807, 2.05) is 42.2 Å². The van der Waals surface area contributed by atoms with Gasteiger partial charge in [-0.3, -0.25) is 4.79 Å². The van der Waals surface area contributed by atoms with Crippen molar-refractivity contribution in [3.63, 3.8) is 0 Å². The summed E-state index contributed by atoms with van der Waals surface area (Å²) < 4.78 is 11.3. The van der Waals surface area contributed by atoms with Crippen LogP contribution in [0.2, 0.25) is 0 Å². The summed E-state index contributed by atoms with van der Waals surface area (Å²) >= 11 is 0. The van der Waals surface area contributed by atoms with Gasteiger partial charge in [-0.1, -0.05) is 37.3 Å². The van der Waals surface area contributed by atoms with Crippen molar-refractivity contribution in [2.24, 2.45) is 5.92 Å². The largest absolute Gasteiger partial charge is 0.508 e. The van der Waals surface area contributed by atoms with Gasteiger partial charge in [0.15, 0.2) is 0 Å². The highest BCUT2D eigenvalue weighted by atomic mass is 16.5. The van der Waals surface area contributed by atoms with Crippen molar-refractivity contribution < 1.29 is 19.4 Å². The first-order valence-corrected chi connectivity index (χ1v) is 11.6. The Balaban J connectivity index is 1.65. The summed E-state index contributed by atoms with van der Waals surface area (Å²) in [6.45, 7) is 6.66. The molecule has 2 saturated heterocycles. The molecule has 1 amide bonds. The highest BCUT2D eigenvalue weighted by molar-refractivity contribution is 5.86. The lowest BCUT2D eigenvalue weighted by atomic mass is 9.83. The van der Waals surface area contributed by atoms with E-state index in [0.29, 0.717) is 26.4 Å². The highest BCUT2D eigenvalue weighted by Crippen LogP contribution is 2.48. The number of hydrazine groups is 1. The second-order valence-corrected chi connectivity index (χ2v) is 8.32. The summed E-state index contributed by atoms with van der Waals surface area (Å²) in [5.41, 5.74) is 8.34. The molecule has 4 rings (SSSR count). The number of benzene rings is 2. The summed E-state index contributed by atoms with van der Waals surface area (Å²) in [7, 11) is 0. The molecule has 0 aromatic heterocycles. The van der Waals surface area contributed by atoms with Gasteiger partial charge in [-0.2, -0.15) is 0 Å². The third kappa shape index (κ3) is 4.46. The molecule has 0 spiro atoms. The Kier molecular flexibility index (Phi) is 7.29. The van der Waals surface area contributed by atoms with Gasteiger partial charge >= 0.3 is 0 Å². The fraction of sp³-hybridized carbons (Fsp3) is 0.480. The molecule has 3 N–H and O–H groups in total. The minimum Gasteiger partial charge on any atom is -0.508 e. The number of carbonyl (C=O) groups is 1. The second-order valence-electron chi connectivity index (χ2n) is 8.32. The number of ether oxygens (including phenoxy) is 2. The van der Waals surface area contributed by atoms with Gasteiger partial charge in [-0.25, -0.2) is 10.9 Å². The van der Waals surface area contributed by atoms with Crippen molar-refractivity contribution in [2.45, 2.75) is 44.8 Å². The number of likely N-dealkylation sites (tertiary alicyclic amines) is 1. The van der Waals surface area contributed by atoms with Crippen molar-refractivity contribution in [1.82, 2.24) is 15.8 Å². The third-order valence-corrected chi connectivity index (χ3v) is 6.27. The van der Waals surface area contributed by atoms with Gasteiger partial charge in [-0.15, -0.1) is 0 Å². The Morgan fingerprint density at radius 3 is 2.47 bits per heavy atom. The summed E-state index contributed by atoms with van der Waals surface area (Å²) in [5.74, 6) is 1.08. The maximum atomic E-state index is 13.4. The van der Waals surface area contributed by atoms with E-state index in [4.69, 9.17) is 9.47 Å². The molecular weight excluding hydrogens is 406 g/mol. The Labute approximate surface area is 189 Å². The van der Waals surface area contributed by atoms with Crippen LogP contribution in [-0.2, 0) is 9.53 Å². The van der Waals surface area contributed by atoms with Crippen LogP contribution in [0.1, 0.15) is 49.9 Å². The van der Waals surface area contributed by atoms with Gasteiger partial charge in [0, 0.05) is 31.2 Å². The lowest BCUT2D eigenvalue weighted by Gasteiger charge is -2.31. The van der Waals surface area contributed by atoms with Gasteiger partial charge in [0.2, 0.25) is 5.91 Å². The predicted molar refractivity (Wildman–Crippen MR) is 122 cm³/mol. The first-order valence-electron chi connectivity index (χ1n) is 11.6. The van der Waals surface area contributed by atoms with E-state index >= 15 is 0 Å². The number of carbonyl (C=O) groups excluding carboxylic acids is 1. The Morgan fingerprint density at radius 2 is 1.75 bits per heavy atom. The molecule has 2 aromatic carbocycles. The highest BCUT2D eigenvalue weighted by Gasteiger charge is 2.55. The predicted octanol–water partition coefficient (Wildman–Crippen LogP) is 3.32. The first kappa shape index (κ1) is 22.6. The number of nitrogens with one attached hydrogen (secondary N) is 2. The SMILES string of the molecule is CCCOc1ccc(C2C3C(NNC3c3ccccc3O)C(=O)N2CCCOCC)cc1. The van der Waals surface area contributed by atoms with Crippen molar-refractivity contribution in [3.05, 3.63) is 59.7 Å². The van der Waals surface area contributed by atoms with Crippen molar-refractivity contribution in [2.75, 3.05) is 26.4 Å². The van der Waals surface area contributed by atoms with E-state index in [2.05, 4.69) is 29.9 Å². The first-order chi connectivity index (χ1) is 15.7. The lowest BCUT2D eigenvalue weighted by molar-refractivity contribution is -0.131. The molecule has 2 aliphatic heterocycles. The van der Waals surface area contributed by atoms with Crippen LogP contribution in [0.25, 0.3) is 0 Å². The second kappa shape index (κ2) is 10.3. The number of hydrogen-bond donors (Lipinski definition) is 3. The molecule has 172 valence electrons. The molecule has 0 saturated carbocycles. The van der Waals surface area contributed by atoms with Crippen LogP contribution in [0.4, 0.5) is 0 Å². The quantitative estimate of drug-likeness (QED) is 0.493. The fourth-order valence-corrected chi connectivity index (χ4v) is 4.83. The number of nitrogens with zero attached hydrogens (tertiary/aromatic N) is 1.